The van der Waals surface area contributed by atoms with Gasteiger partial charge in [0.1, 0.15) is 11.6 Å². The van der Waals surface area contributed by atoms with Crippen molar-refractivity contribution in [2.75, 3.05) is 6.54 Å². The van der Waals surface area contributed by atoms with Gasteiger partial charge in [-0.2, -0.15) is 10.5 Å². The molecule has 0 spiro atoms. The van der Waals surface area contributed by atoms with Crippen LogP contribution in [0, 0.1) is 22.7 Å². The Bertz CT molecular complexity index is 335. The van der Waals surface area contributed by atoms with E-state index in [1.807, 2.05) is 26.0 Å². The molecule has 0 rings (SSSR count). The molecule has 0 heterocycles. The third-order valence-electron chi connectivity index (χ3n) is 1.98. The monoisotopic (exact) mass is 220 g/mol. The maximum atomic E-state index is 11.5. The average Bonchev–Trinajstić information content (AvgIpc) is 2.28. The van der Waals surface area contributed by atoms with Crippen molar-refractivity contribution >= 4 is 5.91 Å². The minimum Gasteiger partial charge on any atom is -0.389 e. The van der Waals surface area contributed by atoms with E-state index in [0.717, 1.165) is 6.42 Å². The highest BCUT2D eigenvalue weighted by Gasteiger charge is 2.10. The number of nitrogens with zero attached hydrogens (tertiary/aromatic N) is 2. The molecular formula is C11H16N4O. The number of carbonyl (C=O) groups excluding carboxylic acids is 1. The maximum absolute atomic E-state index is 11.5. The first-order valence-corrected chi connectivity index (χ1v) is 5.17. The number of nitrogens with one attached hydrogen (secondary N) is 2. The summed E-state index contributed by atoms with van der Waals surface area (Å²) in [5.41, 5.74) is 0.0261. The molecule has 2 N–H and O–H groups in total. The van der Waals surface area contributed by atoms with Gasteiger partial charge in [0, 0.05) is 18.8 Å². The molecule has 0 saturated carbocycles. The predicted octanol–water partition coefficient (Wildman–Crippen LogP) is 0.812. The summed E-state index contributed by atoms with van der Waals surface area (Å²) in [6, 6.07) is 3.81. The van der Waals surface area contributed by atoms with Gasteiger partial charge in [0.2, 0.25) is 0 Å². The van der Waals surface area contributed by atoms with Gasteiger partial charge < -0.3 is 10.6 Å². The molecule has 0 aromatic heterocycles. The van der Waals surface area contributed by atoms with Gasteiger partial charge in [-0.15, -0.1) is 0 Å². The van der Waals surface area contributed by atoms with Crippen LogP contribution in [0.5, 0.6) is 0 Å². The summed E-state index contributed by atoms with van der Waals surface area (Å²) < 4.78 is 0. The van der Waals surface area contributed by atoms with Gasteiger partial charge in [0.05, 0.1) is 12.5 Å². The van der Waals surface area contributed by atoms with Gasteiger partial charge in [-0.05, 0) is 13.3 Å². The molecule has 0 aliphatic rings. The lowest BCUT2D eigenvalue weighted by atomic mass is 10.2. The van der Waals surface area contributed by atoms with E-state index >= 15 is 0 Å². The highest BCUT2D eigenvalue weighted by molar-refractivity contribution is 5.97. The minimum atomic E-state index is -0.388. The van der Waals surface area contributed by atoms with E-state index in [1.165, 1.54) is 6.20 Å². The van der Waals surface area contributed by atoms with Crippen LogP contribution < -0.4 is 10.6 Å². The van der Waals surface area contributed by atoms with Crippen molar-refractivity contribution < 1.29 is 4.79 Å². The highest BCUT2D eigenvalue weighted by atomic mass is 16.1. The smallest absolute Gasteiger partial charge is 0.263 e. The second-order valence-electron chi connectivity index (χ2n) is 3.31. The summed E-state index contributed by atoms with van der Waals surface area (Å²) >= 11 is 0. The Hall–Kier alpha value is -2.01. The molecule has 0 aliphatic heterocycles. The fourth-order valence-corrected chi connectivity index (χ4v) is 0.855. The normalized spacial score (nSPS) is 12.1. The Kier molecular flexibility index (Phi) is 7.27. The molecule has 86 valence electrons. The number of amides is 1. The van der Waals surface area contributed by atoms with Crippen molar-refractivity contribution in [2.24, 2.45) is 0 Å². The van der Waals surface area contributed by atoms with Crippen LogP contribution in [0.2, 0.25) is 0 Å². The van der Waals surface area contributed by atoms with Crippen molar-refractivity contribution in [3.63, 3.8) is 0 Å². The summed E-state index contributed by atoms with van der Waals surface area (Å²) in [7, 11) is 0. The lowest BCUT2D eigenvalue weighted by Crippen LogP contribution is -2.33. The molecule has 0 radical (unpaired) electrons. The van der Waals surface area contributed by atoms with Crippen LogP contribution in [0.4, 0.5) is 0 Å². The second-order valence-corrected chi connectivity index (χ2v) is 3.31. The molecule has 5 heteroatoms. The first-order valence-electron chi connectivity index (χ1n) is 5.17. The standard InChI is InChI=1S/C11H16N4O/c1-3-9(2)15-11(16)10(7-13)8-14-6-4-5-12/h8-9,14H,3-4,6H2,1-2H3,(H,15,16)/b10-8-. The first kappa shape index (κ1) is 14.0. The summed E-state index contributed by atoms with van der Waals surface area (Å²) in [6.07, 6.45) is 2.49. The molecule has 0 aliphatic carbocycles. The Morgan fingerprint density at radius 3 is 2.69 bits per heavy atom. The number of hydrogen-bond donors (Lipinski definition) is 2. The maximum Gasteiger partial charge on any atom is 0.263 e. The number of hydrogen-bond acceptors (Lipinski definition) is 4. The molecular weight excluding hydrogens is 204 g/mol. The van der Waals surface area contributed by atoms with E-state index in [4.69, 9.17) is 10.5 Å². The van der Waals surface area contributed by atoms with Gasteiger partial charge in [-0.3, -0.25) is 4.79 Å². The zero-order chi connectivity index (χ0) is 12.4. The largest absolute Gasteiger partial charge is 0.389 e. The van der Waals surface area contributed by atoms with Crippen molar-refractivity contribution in [2.45, 2.75) is 32.7 Å². The fourth-order valence-electron chi connectivity index (χ4n) is 0.855. The third kappa shape index (κ3) is 5.66. The van der Waals surface area contributed by atoms with E-state index in [0.29, 0.717) is 13.0 Å². The van der Waals surface area contributed by atoms with Gasteiger partial charge >= 0.3 is 0 Å². The van der Waals surface area contributed by atoms with Crippen LogP contribution in [0.15, 0.2) is 11.8 Å². The molecule has 1 unspecified atom stereocenters. The van der Waals surface area contributed by atoms with E-state index in [9.17, 15) is 4.79 Å². The lowest BCUT2D eigenvalue weighted by molar-refractivity contribution is -0.117. The van der Waals surface area contributed by atoms with Crippen LogP contribution in [0.3, 0.4) is 0 Å². The second kappa shape index (κ2) is 8.31. The van der Waals surface area contributed by atoms with Gasteiger partial charge in [-0.1, -0.05) is 6.92 Å². The summed E-state index contributed by atoms with van der Waals surface area (Å²) in [6.45, 7) is 4.25. The van der Waals surface area contributed by atoms with Crippen LogP contribution in [-0.2, 0) is 4.79 Å². The van der Waals surface area contributed by atoms with Crippen molar-refractivity contribution in [3.8, 4) is 12.1 Å². The van der Waals surface area contributed by atoms with Crippen LogP contribution in [0.25, 0.3) is 0 Å². The van der Waals surface area contributed by atoms with Crippen molar-refractivity contribution in [3.05, 3.63) is 11.8 Å². The average molecular weight is 220 g/mol. The Balaban J connectivity index is 4.23. The van der Waals surface area contributed by atoms with Crippen LogP contribution in [-0.4, -0.2) is 18.5 Å². The zero-order valence-electron chi connectivity index (χ0n) is 9.58. The van der Waals surface area contributed by atoms with Gasteiger partial charge in [0.15, 0.2) is 0 Å². The van der Waals surface area contributed by atoms with Crippen LogP contribution in [0.1, 0.15) is 26.7 Å². The zero-order valence-corrected chi connectivity index (χ0v) is 9.58. The van der Waals surface area contributed by atoms with Gasteiger partial charge in [-0.25, -0.2) is 0 Å². The molecule has 1 amide bonds. The Morgan fingerprint density at radius 2 is 2.19 bits per heavy atom. The summed E-state index contributed by atoms with van der Waals surface area (Å²) in [5, 5.41) is 22.5. The van der Waals surface area contributed by atoms with Crippen molar-refractivity contribution in [1.29, 1.82) is 10.5 Å². The lowest BCUT2D eigenvalue weighted by Gasteiger charge is -2.10. The molecule has 0 aromatic carbocycles. The SMILES string of the molecule is CCC(C)NC(=O)/C(C#N)=C\NCCC#N. The number of carbonyl (C=O) groups is 1. The van der Waals surface area contributed by atoms with Crippen molar-refractivity contribution in [1.82, 2.24) is 10.6 Å². The van der Waals surface area contributed by atoms with E-state index < -0.39 is 0 Å². The summed E-state index contributed by atoms with van der Waals surface area (Å²) in [5.74, 6) is -0.388. The topological polar surface area (TPSA) is 88.7 Å². The van der Waals surface area contributed by atoms with E-state index in [-0.39, 0.29) is 17.5 Å². The first-order chi connectivity index (χ1) is 7.65. The minimum absolute atomic E-state index is 0.0261. The molecule has 0 fully saturated rings. The Labute approximate surface area is 95.7 Å². The molecule has 0 aromatic rings. The molecule has 5 nitrogen and oxygen atoms in total. The highest BCUT2D eigenvalue weighted by Crippen LogP contribution is 1.94. The third-order valence-corrected chi connectivity index (χ3v) is 1.98. The predicted molar refractivity (Wildman–Crippen MR) is 59.8 cm³/mol. The molecule has 1 atom stereocenters. The van der Waals surface area contributed by atoms with E-state index in [2.05, 4.69) is 10.6 Å². The quantitative estimate of drug-likeness (QED) is 0.394. The molecule has 16 heavy (non-hydrogen) atoms. The molecule has 0 saturated heterocycles. The molecule has 0 bridgehead atoms. The Morgan fingerprint density at radius 1 is 1.50 bits per heavy atom. The number of nitriles is 2. The van der Waals surface area contributed by atoms with Gasteiger partial charge in [0.25, 0.3) is 5.91 Å². The van der Waals surface area contributed by atoms with E-state index in [1.54, 1.807) is 0 Å². The number of rotatable bonds is 6. The van der Waals surface area contributed by atoms with Crippen LogP contribution >= 0.6 is 0 Å². The summed E-state index contributed by atoms with van der Waals surface area (Å²) in [4.78, 5) is 11.5. The fraction of sp³-hybridized carbons (Fsp3) is 0.545.